The van der Waals surface area contributed by atoms with Crippen LogP contribution in [0.3, 0.4) is 0 Å². The Morgan fingerprint density at radius 1 is 0.935 bits per heavy atom. The number of ether oxygens (including phenoxy) is 2. The van der Waals surface area contributed by atoms with Gasteiger partial charge < -0.3 is 14.8 Å². The number of hydrogen-bond donors (Lipinski definition) is 2. The Kier molecular flexibility index (Phi) is 6.89. The molecule has 0 aliphatic heterocycles. The zero-order valence-electron chi connectivity index (χ0n) is 16.3. The molecule has 1 aromatic heterocycles. The Morgan fingerprint density at radius 3 is 2.26 bits per heavy atom. The molecule has 0 radical (unpaired) electrons. The molecule has 0 saturated carbocycles. The van der Waals surface area contributed by atoms with Crippen LogP contribution in [-0.4, -0.2) is 33.5 Å². The largest absolute Gasteiger partial charge is 0.495 e. The van der Waals surface area contributed by atoms with Crippen molar-refractivity contribution in [3.63, 3.8) is 0 Å². The molecule has 0 unspecified atom stereocenters. The van der Waals surface area contributed by atoms with Crippen LogP contribution in [0.4, 0.5) is 11.4 Å². The first kappa shape index (κ1) is 22.7. The molecule has 2 N–H and O–H groups in total. The molecule has 0 bridgehead atoms. The molecular weight excluding hydrogens is 465 g/mol. The van der Waals surface area contributed by atoms with E-state index in [1.165, 1.54) is 56.9 Å². The van der Waals surface area contributed by atoms with Crippen molar-refractivity contribution in [3.8, 4) is 11.5 Å². The van der Waals surface area contributed by atoms with E-state index in [0.29, 0.717) is 11.4 Å². The molecule has 8 nitrogen and oxygen atoms in total. The molecule has 11 heteroatoms. The highest BCUT2D eigenvalue weighted by atomic mass is 35.5. The zero-order valence-corrected chi connectivity index (χ0v) is 18.7. The highest BCUT2D eigenvalue weighted by Crippen LogP contribution is 2.37. The summed E-state index contributed by atoms with van der Waals surface area (Å²) in [6.45, 7) is 0. The standard InChI is InChI=1S/C20H17Cl2N3O5S/c1-29-17-11-18(30-2)16(10-15(17)22)25-31(27,28)19-9-12(3-4-14(19)21)20(26)24-13-5-7-23-8-6-13/h3-11,25H,1-2H3,(H,23,24,26). The van der Waals surface area contributed by atoms with E-state index >= 15 is 0 Å². The normalized spacial score (nSPS) is 11.0. The Labute approximate surface area is 189 Å². The number of rotatable bonds is 7. The lowest BCUT2D eigenvalue weighted by Crippen LogP contribution is -2.17. The summed E-state index contributed by atoms with van der Waals surface area (Å²) in [7, 11) is -1.40. The second-order valence-electron chi connectivity index (χ2n) is 6.13. The van der Waals surface area contributed by atoms with E-state index < -0.39 is 15.9 Å². The van der Waals surface area contributed by atoms with Gasteiger partial charge in [0, 0.05) is 29.7 Å². The first-order valence-electron chi connectivity index (χ1n) is 8.70. The van der Waals surface area contributed by atoms with Crippen molar-refractivity contribution in [1.29, 1.82) is 0 Å². The SMILES string of the molecule is COc1cc(OC)c(NS(=O)(=O)c2cc(C(=O)Nc3ccncc3)ccc2Cl)cc1Cl. The minimum Gasteiger partial charge on any atom is -0.495 e. The number of nitrogens with zero attached hydrogens (tertiary/aromatic N) is 1. The summed E-state index contributed by atoms with van der Waals surface area (Å²) in [4.78, 5) is 16.1. The van der Waals surface area contributed by atoms with E-state index in [9.17, 15) is 13.2 Å². The number of carbonyl (C=O) groups is 1. The monoisotopic (exact) mass is 481 g/mol. The number of anilines is 2. The Hall–Kier alpha value is -3.01. The quantitative estimate of drug-likeness (QED) is 0.515. The van der Waals surface area contributed by atoms with Gasteiger partial charge >= 0.3 is 0 Å². The van der Waals surface area contributed by atoms with Crippen molar-refractivity contribution < 1.29 is 22.7 Å². The second kappa shape index (κ2) is 9.42. The van der Waals surface area contributed by atoms with Crippen LogP contribution in [0.2, 0.25) is 10.0 Å². The minimum absolute atomic E-state index is 0.0634. The van der Waals surface area contributed by atoms with Gasteiger partial charge in [0.05, 0.1) is 30.0 Å². The summed E-state index contributed by atoms with van der Waals surface area (Å²) in [5.41, 5.74) is 0.687. The summed E-state index contributed by atoms with van der Waals surface area (Å²) >= 11 is 12.2. The van der Waals surface area contributed by atoms with Gasteiger partial charge in [-0.2, -0.15) is 0 Å². The topological polar surface area (TPSA) is 107 Å². The number of aromatic nitrogens is 1. The predicted molar refractivity (Wildman–Crippen MR) is 119 cm³/mol. The van der Waals surface area contributed by atoms with Crippen LogP contribution in [0.25, 0.3) is 0 Å². The molecule has 162 valence electrons. The molecule has 3 rings (SSSR count). The van der Waals surface area contributed by atoms with E-state index in [2.05, 4.69) is 15.0 Å². The van der Waals surface area contributed by atoms with Crippen molar-refractivity contribution in [2.24, 2.45) is 0 Å². The van der Waals surface area contributed by atoms with Gasteiger partial charge in [0.15, 0.2) is 0 Å². The average molecular weight is 482 g/mol. The lowest BCUT2D eigenvalue weighted by molar-refractivity contribution is 0.102. The van der Waals surface area contributed by atoms with Crippen molar-refractivity contribution in [1.82, 2.24) is 4.98 Å². The lowest BCUT2D eigenvalue weighted by Gasteiger charge is -2.15. The maximum absolute atomic E-state index is 13.0. The fourth-order valence-electron chi connectivity index (χ4n) is 2.63. The molecule has 0 atom stereocenters. The van der Waals surface area contributed by atoms with E-state index in [4.69, 9.17) is 32.7 Å². The third-order valence-electron chi connectivity index (χ3n) is 4.14. The first-order chi connectivity index (χ1) is 14.7. The highest BCUT2D eigenvalue weighted by molar-refractivity contribution is 7.92. The van der Waals surface area contributed by atoms with Gasteiger partial charge in [-0.15, -0.1) is 0 Å². The molecule has 1 heterocycles. The number of amides is 1. The minimum atomic E-state index is -4.19. The number of methoxy groups -OCH3 is 2. The Bertz CT molecular complexity index is 1220. The van der Waals surface area contributed by atoms with Crippen LogP contribution in [0.15, 0.2) is 59.8 Å². The average Bonchev–Trinajstić information content (AvgIpc) is 2.74. The summed E-state index contributed by atoms with van der Waals surface area (Å²) in [6.07, 6.45) is 3.04. The van der Waals surface area contributed by atoms with E-state index in [0.717, 1.165) is 0 Å². The molecule has 0 saturated heterocycles. The summed E-state index contributed by atoms with van der Waals surface area (Å²) in [6, 6.07) is 9.93. The number of halogens is 2. The number of sulfonamides is 1. The number of nitrogens with one attached hydrogen (secondary N) is 2. The van der Waals surface area contributed by atoms with Crippen LogP contribution < -0.4 is 19.5 Å². The van der Waals surface area contributed by atoms with Gasteiger partial charge in [-0.1, -0.05) is 23.2 Å². The van der Waals surface area contributed by atoms with Crippen molar-refractivity contribution in [3.05, 3.63) is 70.5 Å². The summed E-state index contributed by atoms with van der Waals surface area (Å²) in [5, 5.41) is 2.77. The predicted octanol–water partition coefficient (Wildman–Crippen LogP) is 4.46. The number of pyridine rings is 1. The van der Waals surface area contributed by atoms with Gasteiger partial charge in [-0.3, -0.25) is 14.5 Å². The molecule has 2 aromatic carbocycles. The molecule has 1 amide bonds. The van der Waals surface area contributed by atoms with Gasteiger partial charge in [0.25, 0.3) is 15.9 Å². The van der Waals surface area contributed by atoms with Gasteiger partial charge in [0.1, 0.15) is 16.4 Å². The number of hydrogen-bond acceptors (Lipinski definition) is 6. The third kappa shape index (κ3) is 5.19. The smallest absolute Gasteiger partial charge is 0.263 e. The lowest BCUT2D eigenvalue weighted by atomic mass is 10.2. The molecule has 0 aliphatic rings. The molecule has 0 spiro atoms. The van der Waals surface area contributed by atoms with Gasteiger partial charge in [-0.25, -0.2) is 8.42 Å². The maximum atomic E-state index is 13.0. The fraction of sp³-hybridized carbons (Fsp3) is 0.100. The van der Waals surface area contributed by atoms with Crippen molar-refractivity contribution in [2.45, 2.75) is 4.90 Å². The van der Waals surface area contributed by atoms with Crippen LogP contribution >= 0.6 is 23.2 Å². The van der Waals surface area contributed by atoms with Crippen LogP contribution in [0.5, 0.6) is 11.5 Å². The van der Waals surface area contributed by atoms with E-state index in [1.54, 1.807) is 12.1 Å². The zero-order chi connectivity index (χ0) is 22.6. The van der Waals surface area contributed by atoms with E-state index in [-0.39, 0.29) is 31.9 Å². The number of carbonyl (C=O) groups excluding carboxylic acids is 1. The molecule has 0 fully saturated rings. The van der Waals surface area contributed by atoms with Gasteiger partial charge in [0.2, 0.25) is 0 Å². The first-order valence-corrected chi connectivity index (χ1v) is 10.9. The Morgan fingerprint density at radius 2 is 1.61 bits per heavy atom. The summed E-state index contributed by atoms with van der Waals surface area (Å²) < 4.78 is 38.8. The molecule has 0 aliphatic carbocycles. The second-order valence-corrected chi connectivity index (χ2v) is 8.59. The maximum Gasteiger partial charge on any atom is 0.263 e. The van der Waals surface area contributed by atoms with Crippen LogP contribution in [0, 0.1) is 0 Å². The van der Waals surface area contributed by atoms with Crippen LogP contribution in [0.1, 0.15) is 10.4 Å². The van der Waals surface area contributed by atoms with Crippen molar-refractivity contribution >= 4 is 50.5 Å². The molecule has 3 aromatic rings. The van der Waals surface area contributed by atoms with Crippen molar-refractivity contribution in [2.75, 3.05) is 24.3 Å². The number of benzene rings is 2. The Balaban J connectivity index is 1.94. The molecular formula is C20H17Cl2N3O5S. The summed E-state index contributed by atoms with van der Waals surface area (Å²) in [5.74, 6) is -0.00815. The highest BCUT2D eigenvalue weighted by Gasteiger charge is 2.23. The fourth-order valence-corrected chi connectivity index (χ4v) is 4.46. The van der Waals surface area contributed by atoms with E-state index in [1.807, 2.05) is 0 Å². The molecule has 31 heavy (non-hydrogen) atoms. The van der Waals surface area contributed by atoms with Gasteiger partial charge in [-0.05, 0) is 36.4 Å². The third-order valence-corrected chi connectivity index (χ3v) is 6.28. The van der Waals surface area contributed by atoms with Crippen LogP contribution in [-0.2, 0) is 10.0 Å².